The number of allylic oxidation sites excluding steroid dienone is 1. The normalized spacial score (nSPS) is 13.4. The molecule has 0 fully saturated rings. The molecule has 0 aliphatic rings. The van der Waals surface area contributed by atoms with Gasteiger partial charge in [-0.15, -0.1) is 0 Å². The quantitative estimate of drug-likeness (QED) is 0.365. The van der Waals surface area contributed by atoms with E-state index in [1.807, 2.05) is 19.1 Å². The molecule has 0 amide bonds. The Bertz CT molecular complexity index is 163. The van der Waals surface area contributed by atoms with Gasteiger partial charge in [0.05, 0.1) is 6.10 Å². The maximum atomic E-state index is 9.49. The van der Waals surface area contributed by atoms with E-state index in [0.717, 1.165) is 6.42 Å². The third-order valence-electron chi connectivity index (χ3n) is 3.27. The molecule has 1 unspecified atom stereocenters. The Kier molecular flexibility index (Phi) is 13.5. The molecule has 0 bridgehead atoms. The van der Waals surface area contributed by atoms with Gasteiger partial charge in [-0.25, -0.2) is 0 Å². The number of hydrogen-bond acceptors (Lipinski definition) is 1. The predicted molar refractivity (Wildman–Crippen MR) is 77.3 cm³/mol. The lowest BCUT2D eigenvalue weighted by atomic mass is 10.0. The number of unbranched alkanes of at least 4 members (excludes halogenated alkanes) is 9. The van der Waals surface area contributed by atoms with Gasteiger partial charge >= 0.3 is 0 Å². The number of aliphatic hydroxyl groups is 1. The summed E-state index contributed by atoms with van der Waals surface area (Å²) in [4.78, 5) is 0. The van der Waals surface area contributed by atoms with Crippen molar-refractivity contribution in [2.45, 2.75) is 90.6 Å². The van der Waals surface area contributed by atoms with Crippen molar-refractivity contribution in [3.63, 3.8) is 0 Å². The van der Waals surface area contributed by atoms with Crippen LogP contribution in [0, 0.1) is 0 Å². The van der Waals surface area contributed by atoms with Gasteiger partial charge in [0, 0.05) is 0 Å². The van der Waals surface area contributed by atoms with Crippen LogP contribution in [-0.2, 0) is 0 Å². The van der Waals surface area contributed by atoms with Gasteiger partial charge in [0.25, 0.3) is 0 Å². The first-order valence-electron chi connectivity index (χ1n) is 7.62. The molecule has 0 aliphatic heterocycles. The zero-order chi connectivity index (χ0) is 12.8. The molecule has 0 heterocycles. The van der Waals surface area contributed by atoms with E-state index in [-0.39, 0.29) is 6.10 Å². The lowest BCUT2D eigenvalue weighted by molar-refractivity contribution is 0.208. The van der Waals surface area contributed by atoms with Crippen LogP contribution in [0.5, 0.6) is 0 Å². The van der Waals surface area contributed by atoms with Crippen LogP contribution in [0.3, 0.4) is 0 Å². The minimum absolute atomic E-state index is 0.214. The van der Waals surface area contributed by atoms with Crippen LogP contribution in [0.15, 0.2) is 12.2 Å². The van der Waals surface area contributed by atoms with Crippen molar-refractivity contribution in [2.75, 3.05) is 0 Å². The van der Waals surface area contributed by atoms with Gasteiger partial charge in [-0.2, -0.15) is 0 Å². The number of hydrogen-bond donors (Lipinski definition) is 1. The van der Waals surface area contributed by atoms with E-state index in [1.165, 1.54) is 64.2 Å². The predicted octanol–water partition coefficient (Wildman–Crippen LogP) is 5.23. The van der Waals surface area contributed by atoms with Crippen LogP contribution in [0.25, 0.3) is 0 Å². The van der Waals surface area contributed by atoms with Gasteiger partial charge in [-0.05, 0) is 13.3 Å². The summed E-state index contributed by atoms with van der Waals surface area (Å²) in [6.45, 7) is 4.23. The molecular formula is C16H32O. The molecule has 0 aromatic rings. The molecule has 1 nitrogen and oxygen atoms in total. The summed E-state index contributed by atoms with van der Waals surface area (Å²) in [7, 11) is 0. The zero-order valence-electron chi connectivity index (χ0n) is 12.0. The van der Waals surface area contributed by atoms with Crippen LogP contribution in [0.2, 0.25) is 0 Å². The fourth-order valence-corrected chi connectivity index (χ4v) is 2.16. The Balaban J connectivity index is 3.03. The highest BCUT2D eigenvalue weighted by Gasteiger charge is 1.98. The molecule has 1 N–H and O–H groups in total. The highest BCUT2D eigenvalue weighted by atomic mass is 16.3. The van der Waals surface area contributed by atoms with Gasteiger partial charge < -0.3 is 5.11 Å². The van der Waals surface area contributed by atoms with E-state index < -0.39 is 0 Å². The molecule has 0 saturated heterocycles. The Labute approximate surface area is 108 Å². The van der Waals surface area contributed by atoms with Gasteiger partial charge in [0.1, 0.15) is 0 Å². The van der Waals surface area contributed by atoms with Crippen LogP contribution < -0.4 is 0 Å². The molecular weight excluding hydrogens is 208 g/mol. The van der Waals surface area contributed by atoms with Crippen LogP contribution >= 0.6 is 0 Å². The van der Waals surface area contributed by atoms with E-state index in [9.17, 15) is 5.11 Å². The minimum Gasteiger partial charge on any atom is -0.389 e. The largest absolute Gasteiger partial charge is 0.389 e. The molecule has 0 rings (SSSR count). The Morgan fingerprint density at radius 1 is 0.824 bits per heavy atom. The van der Waals surface area contributed by atoms with Gasteiger partial charge in [-0.3, -0.25) is 0 Å². The molecule has 0 aromatic carbocycles. The van der Waals surface area contributed by atoms with Gasteiger partial charge in [0.2, 0.25) is 0 Å². The Morgan fingerprint density at radius 2 is 1.29 bits per heavy atom. The second-order valence-electron chi connectivity index (χ2n) is 5.06. The Morgan fingerprint density at radius 3 is 1.76 bits per heavy atom. The van der Waals surface area contributed by atoms with Crippen molar-refractivity contribution >= 4 is 0 Å². The SMILES string of the molecule is C/C=C/C(O)CCCCCCCCCCCC. The summed E-state index contributed by atoms with van der Waals surface area (Å²) in [6, 6.07) is 0. The summed E-state index contributed by atoms with van der Waals surface area (Å²) in [5.74, 6) is 0. The molecule has 1 heteroatoms. The summed E-state index contributed by atoms with van der Waals surface area (Å²) >= 11 is 0. The summed E-state index contributed by atoms with van der Waals surface area (Å²) < 4.78 is 0. The van der Waals surface area contributed by atoms with E-state index in [2.05, 4.69) is 6.92 Å². The maximum absolute atomic E-state index is 9.49. The molecule has 17 heavy (non-hydrogen) atoms. The molecule has 0 saturated carbocycles. The smallest absolute Gasteiger partial charge is 0.0720 e. The van der Waals surface area contributed by atoms with Crippen molar-refractivity contribution in [3.05, 3.63) is 12.2 Å². The van der Waals surface area contributed by atoms with E-state index in [1.54, 1.807) is 0 Å². The topological polar surface area (TPSA) is 20.2 Å². The first-order valence-corrected chi connectivity index (χ1v) is 7.62. The lowest BCUT2D eigenvalue weighted by Gasteiger charge is -2.05. The Hall–Kier alpha value is -0.300. The number of rotatable bonds is 12. The summed E-state index contributed by atoms with van der Waals surface area (Å²) in [6.07, 6.45) is 18.1. The summed E-state index contributed by atoms with van der Waals surface area (Å²) in [5, 5.41) is 9.49. The lowest BCUT2D eigenvalue weighted by Crippen LogP contribution is -2.00. The van der Waals surface area contributed by atoms with E-state index in [4.69, 9.17) is 0 Å². The van der Waals surface area contributed by atoms with Crippen LogP contribution in [0.1, 0.15) is 84.5 Å². The molecule has 1 atom stereocenters. The molecule has 102 valence electrons. The third-order valence-corrected chi connectivity index (χ3v) is 3.27. The fourth-order valence-electron chi connectivity index (χ4n) is 2.16. The van der Waals surface area contributed by atoms with Gasteiger partial charge in [0.15, 0.2) is 0 Å². The standard InChI is InChI=1S/C16H32O/c1-3-5-6-7-8-9-10-11-12-13-15-16(17)14-4-2/h4,14,16-17H,3,5-13,15H2,1-2H3/b14-4+. The first kappa shape index (κ1) is 16.7. The molecule has 0 aromatic heterocycles. The monoisotopic (exact) mass is 240 g/mol. The average molecular weight is 240 g/mol. The van der Waals surface area contributed by atoms with E-state index in [0.29, 0.717) is 0 Å². The van der Waals surface area contributed by atoms with Crippen molar-refractivity contribution < 1.29 is 5.11 Å². The third kappa shape index (κ3) is 13.6. The van der Waals surface area contributed by atoms with Crippen molar-refractivity contribution in [1.29, 1.82) is 0 Å². The first-order chi connectivity index (χ1) is 8.31. The van der Waals surface area contributed by atoms with Crippen molar-refractivity contribution in [2.24, 2.45) is 0 Å². The summed E-state index contributed by atoms with van der Waals surface area (Å²) in [5.41, 5.74) is 0. The molecule has 0 aliphatic carbocycles. The van der Waals surface area contributed by atoms with Crippen LogP contribution in [0.4, 0.5) is 0 Å². The number of aliphatic hydroxyl groups excluding tert-OH is 1. The second kappa shape index (κ2) is 13.8. The van der Waals surface area contributed by atoms with Crippen molar-refractivity contribution in [3.8, 4) is 0 Å². The molecule has 0 radical (unpaired) electrons. The van der Waals surface area contributed by atoms with Crippen LogP contribution in [-0.4, -0.2) is 11.2 Å². The van der Waals surface area contributed by atoms with Crippen molar-refractivity contribution in [1.82, 2.24) is 0 Å². The fraction of sp³-hybridized carbons (Fsp3) is 0.875. The minimum atomic E-state index is -0.214. The highest BCUT2D eigenvalue weighted by Crippen LogP contribution is 2.12. The van der Waals surface area contributed by atoms with Gasteiger partial charge in [-0.1, -0.05) is 83.3 Å². The zero-order valence-corrected chi connectivity index (χ0v) is 12.0. The van der Waals surface area contributed by atoms with E-state index >= 15 is 0 Å². The molecule has 0 spiro atoms. The average Bonchev–Trinajstić information content (AvgIpc) is 2.32. The second-order valence-corrected chi connectivity index (χ2v) is 5.06. The maximum Gasteiger partial charge on any atom is 0.0720 e. The highest BCUT2D eigenvalue weighted by molar-refractivity contribution is 4.84.